The summed E-state index contributed by atoms with van der Waals surface area (Å²) in [6.07, 6.45) is 0.975. The van der Waals surface area contributed by atoms with Crippen molar-refractivity contribution in [2.45, 2.75) is 25.8 Å². The van der Waals surface area contributed by atoms with Crippen LogP contribution in [0, 0.1) is 6.92 Å². The quantitative estimate of drug-likeness (QED) is 0.744. The molecule has 4 rings (SSSR count). The van der Waals surface area contributed by atoms with Crippen molar-refractivity contribution in [2.24, 2.45) is 0 Å². The molecule has 1 N–H and O–H groups in total. The molecule has 0 bridgehead atoms. The largest absolute Gasteiger partial charge is 0.478 e. The number of aromatic nitrogens is 2. The lowest BCUT2D eigenvalue weighted by Crippen LogP contribution is -2.19. The van der Waals surface area contributed by atoms with E-state index in [2.05, 4.69) is 15.1 Å². The van der Waals surface area contributed by atoms with Crippen LogP contribution in [-0.2, 0) is 6.54 Å². The number of benzene rings is 2. The lowest BCUT2D eigenvalue weighted by atomic mass is 10.1. The zero-order valence-corrected chi connectivity index (χ0v) is 15.1. The molecular weight excluding hydrogens is 342 g/mol. The van der Waals surface area contributed by atoms with Crippen LogP contribution in [0.25, 0.3) is 11.5 Å². The molecule has 1 aliphatic heterocycles. The van der Waals surface area contributed by atoms with Gasteiger partial charge in [-0.3, -0.25) is 4.90 Å². The molecule has 1 atom stereocenters. The Morgan fingerprint density at radius 3 is 2.59 bits per heavy atom. The Kier molecular flexibility index (Phi) is 4.73. The topological polar surface area (TPSA) is 79.5 Å². The lowest BCUT2D eigenvalue weighted by Gasteiger charge is -2.15. The monoisotopic (exact) mass is 363 g/mol. The van der Waals surface area contributed by atoms with E-state index in [1.54, 1.807) is 12.1 Å². The fourth-order valence-electron chi connectivity index (χ4n) is 3.40. The van der Waals surface area contributed by atoms with Gasteiger partial charge in [-0.25, -0.2) is 4.79 Å². The molecule has 1 saturated heterocycles. The molecule has 2 heterocycles. The Bertz CT molecular complexity index is 932. The summed E-state index contributed by atoms with van der Waals surface area (Å²) in [6.45, 7) is 4.64. The van der Waals surface area contributed by atoms with E-state index in [9.17, 15) is 4.79 Å². The average Bonchev–Trinajstić information content (AvgIpc) is 3.32. The first-order valence-corrected chi connectivity index (χ1v) is 9.03. The van der Waals surface area contributed by atoms with Crippen molar-refractivity contribution in [3.63, 3.8) is 0 Å². The van der Waals surface area contributed by atoms with Crippen molar-refractivity contribution in [3.8, 4) is 11.5 Å². The lowest BCUT2D eigenvalue weighted by molar-refractivity contribution is 0.0697. The zero-order valence-electron chi connectivity index (χ0n) is 15.1. The normalized spacial score (nSPS) is 17.3. The first-order chi connectivity index (χ1) is 13.1. The number of carboxylic acids is 1. The second kappa shape index (κ2) is 7.32. The van der Waals surface area contributed by atoms with Crippen LogP contribution < -0.4 is 0 Å². The van der Waals surface area contributed by atoms with Gasteiger partial charge in [0, 0.05) is 18.7 Å². The van der Waals surface area contributed by atoms with Gasteiger partial charge < -0.3 is 9.52 Å². The highest BCUT2D eigenvalue weighted by Gasteiger charge is 2.28. The number of nitrogens with zero attached hydrogens (tertiary/aromatic N) is 3. The van der Waals surface area contributed by atoms with Crippen molar-refractivity contribution >= 4 is 5.97 Å². The van der Waals surface area contributed by atoms with E-state index in [4.69, 9.17) is 9.52 Å². The smallest absolute Gasteiger partial charge is 0.335 e. The van der Waals surface area contributed by atoms with Crippen molar-refractivity contribution in [2.75, 3.05) is 13.1 Å². The zero-order chi connectivity index (χ0) is 18.8. The van der Waals surface area contributed by atoms with Crippen LogP contribution >= 0.6 is 0 Å². The Morgan fingerprint density at radius 2 is 1.89 bits per heavy atom. The molecule has 6 nitrogen and oxygen atoms in total. The van der Waals surface area contributed by atoms with E-state index in [0.717, 1.165) is 37.2 Å². The highest BCUT2D eigenvalue weighted by molar-refractivity contribution is 5.87. The Labute approximate surface area is 157 Å². The van der Waals surface area contributed by atoms with Crippen molar-refractivity contribution in [3.05, 3.63) is 71.1 Å². The predicted octanol–water partition coefficient (Wildman–Crippen LogP) is 3.73. The van der Waals surface area contributed by atoms with Gasteiger partial charge in [0.2, 0.25) is 11.8 Å². The number of hydrogen-bond donors (Lipinski definition) is 1. The van der Waals surface area contributed by atoms with Crippen LogP contribution in [0.15, 0.2) is 52.9 Å². The first-order valence-electron chi connectivity index (χ1n) is 9.03. The second-order valence-electron chi connectivity index (χ2n) is 7.03. The molecule has 138 valence electrons. The first kappa shape index (κ1) is 17.4. The summed E-state index contributed by atoms with van der Waals surface area (Å²) in [7, 11) is 0. The van der Waals surface area contributed by atoms with Crippen LogP contribution in [-0.4, -0.2) is 39.3 Å². The molecule has 1 unspecified atom stereocenters. The maximum Gasteiger partial charge on any atom is 0.335 e. The molecule has 0 radical (unpaired) electrons. The molecule has 0 aliphatic carbocycles. The number of aryl methyl sites for hydroxylation is 1. The molecule has 1 aliphatic rings. The fourth-order valence-corrected chi connectivity index (χ4v) is 3.40. The molecule has 3 aromatic rings. The van der Waals surface area contributed by atoms with Gasteiger partial charge in [0.05, 0.1) is 11.5 Å². The summed E-state index contributed by atoms with van der Waals surface area (Å²) in [5.74, 6) is 0.584. The van der Waals surface area contributed by atoms with Crippen LogP contribution in [0.2, 0.25) is 0 Å². The third-order valence-electron chi connectivity index (χ3n) is 4.97. The molecular formula is C21H21N3O3. The van der Waals surface area contributed by atoms with Gasteiger partial charge in [-0.1, -0.05) is 29.8 Å². The van der Waals surface area contributed by atoms with Crippen molar-refractivity contribution in [1.82, 2.24) is 15.1 Å². The van der Waals surface area contributed by atoms with Gasteiger partial charge in [-0.2, -0.15) is 0 Å². The number of rotatable bonds is 5. The fraction of sp³-hybridized carbons (Fsp3) is 0.286. The minimum atomic E-state index is -0.899. The van der Waals surface area contributed by atoms with E-state index in [1.165, 1.54) is 5.56 Å². The second-order valence-corrected chi connectivity index (χ2v) is 7.03. The molecule has 0 saturated carbocycles. The van der Waals surface area contributed by atoms with Gasteiger partial charge in [0.1, 0.15) is 0 Å². The Morgan fingerprint density at radius 1 is 1.15 bits per heavy atom. The molecule has 27 heavy (non-hydrogen) atoms. The maximum absolute atomic E-state index is 10.9. The summed E-state index contributed by atoms with van der Waals surface area (Å²) in [6, 6.07) is 15.1. The highest BCUT2D eigenvalue weighted by atomic mass is 16.4. The number of carboxylic acid groups (broad SMARTS) is 1. The van der Waals surface area contributed by atoms with E-state index < -0.39 is 5.97 Å². The van der Waals surface area contributed by atoms with Crippen LogP contribution in [0.5, 0.6) is 0 Å². The number of carbonyl (C=O) groups is 1. The predicted molar refractivity (Wildman–Crippen MR) is 101 cm³/mol. The van der Waals surface area contributed by atoms with Gasteiger partial charge in [-0.05, 0) is 49.7 Å². The Hall–Kier alpha value is -2.99. The Balaban J connectivity index is 1.39. The van der Waals surface area contributed by atoms with E-state index in [-0.39, 0.29) is 5.92 Å². The minimum Gasteiger partial charge on any atom is -0.478 e. The standard InChI is InChI=1S/C21H21N3O3/c1-14-2-6-16(7-3-14)19-22-23-20(27-19)18-10-11-24(13-18)12-15-4-8-17(9-5-15)21(25)26/h2-9,18H,10-13H2,1H3,(H,25,26). The van der Waals surface area contributed by atoms with Gasteiger partial charge in [0.15, 0.2) is 0 Å². The third kappa shape index (κ3) is 3.90. The summed E-state index contributed by atoms with van der Waals surface area (Å²) in [4.78, 5) is 13.3. The highest BCUT2D eigenvalue weighted by Crippen LogP contribution is 2.29. The summed E-state index contributed by atoms with van der Waals surface area (Å²) >= 11 is 0. The minimum absolute atomic E-state index is 0.231. The van der Waals surface area contributed by atoms with Gasteiger partial charge >= 0.3 is 5.97 Å². The molecule has 6 heteroatoms. The summed E-state index contributed by atoms with van der Waals surface area (Å²) in [5.41, 5.74) is 3.55. The van der Waals surface area contributed by atoms with E-state index in [1.807, 2.05) is 43.3 Å². The van der Waals surface area contributed by atoms with E-state index >= 15 is 0 Å². The third-order valence-corrected chi connectivity index (χ3v) is 4.97. The van der Waals surface area contributed by atoms with Crippen LogP contribution in [0.3, 0.4) is 0 Å². The molecule has 0 spiro atoms. The van der Waals surface area contributed by atoms with Crippen LogP contribution in [0.4, 0.5) is 0 Å². The van der Waals surface area contributed by atoms with Crippen molar-refractivity contribution in [1.29, 1.82) is 0 Å². The van der Waals surface area contributed by atoms with Gasteiger partial charge in [0.25, 0.3) is 0 Å². The molecule has 2 aromatic carbocycles. The van der Waals surface area contributed by atoms with Crippen molar-refractivity contribution < 1.29 is 14.3 Å². The SMILES string of the molecule is Cc1ccc(-c2nnc(C3CCN(Cc4ccc(C(=O)O)cc4)C3)o2)cc1. The number of likely N-dealkylation sites (tertiary alicyclic amines) is 1. The molecule has 1 fully saturated rings. The summed E-state index contributed by atoms with van der Waals surface area (Å²) < 4.78 is 5.92. The van der Waals surface area contributed by atoms with Crippen LogP contribution in [0.1, 0.15) is 39.7 Å². The van der Waals surface area contributed by atoms with E-state index in [0.29, 0.717) is 17.3 Å². The van der Waals surface area contributed by atoms with Gasteiger partial charge in [-0.15, -0.1) is 10.2 Å². The number of aromatic carboxylic acids is 1. The molecule has 1 aromatic heterocycles. The maximum atomic E-state index is 10.9. The number of hydrogen-bond acceptors (Lipinski definition) is 5. The molecule has 0 amide bonds. The summed E-state index contributed by atoms with van der Waals surface area (Å²) in [5, 5.41) is 17.5. The average molecular weight is 363 g/mol.